The number of halogens is 2. The minimum Gasteiger partial charge on any atom is -0.497 e. The third kappa shape index (κ3) is 4.89. The minimum absolute atomic E-state index is 0.198. The molecule has 2 rings (SSSR count). The smallest absolute Gasteiger partial charge is 0.342 e. The van der Waals surface area contributed by atoms with E-state index in [0.717, 1.165) is 10.0 Å². The number of carbonyl (C=O) groups excluding carboxylic acids is 2. The molecule has 2 aromatic rings. The van der Waals surface area contributed by atoms with Crippen molar-refractivity contribution in [3.05, 3.63) is 51.0 Å². The van der Waals surface area contributed by atoms with Crippen LogP contribution in [-0.4, -0.2) is 32.7 Å². The molecule has 138 valence electrons. The summed E-state index contributed by atoms with van der Waals surface area (Å²) in [5.41, 5.74) is 1.56. The molecule has 0 saturated carbocycles. The van der Waals surface area contributed by atoms with Gasteiger partial charge in [-0.2, -0.15) is 0 Å². The van der Waals surface area contributed by atoms with Crippen molar-refractivity contribution in [2.24, 2.45) is 0 Å². The van der Waals surface area contributed by atoms with Crippen molar-refractivity contribution in [1.82, 2.24) is 0 Å². The van der Waals surface area contributed by atoms with Gasteiger partial charge in [0.15, 0.2) is 6.61 Å². The Morgan fingerprint density at radius 3 is 2.54 bits per heavy atom. The number of hydrogen-bond donors (Lipinski definition) is 1. The number of ether oxygens (including phenoxy) is 3. The summed E-state index contributed by atoms with van der Waals surface area (Å²) in [6, 6.07) is 8.08. The molecule has 0 radical (unpaired) electrons. The zero-order valence-corrected chi connectivity index (χ0v) is 16.7. The van der Waals surface area contributed by atoms with Gasteiger partial charge in [0.2, 0.25) is 0 Å². The van der Waals surface area contributed by atoms with E-state index in [4.69, 9.17) is 25.8 Å². The molecule has 0 aromatic heterocycles. The Hall–Kier alpha value is -2.25. The molecule has 0 heterocycles. The van der Waals surface area contributed by atoms with Crippen LogP contribution in [0.1, 0.15) is 15.9 Å². The fraction of sp³-hybridized carbons (Fsp3) is 0.222. The van der Waals surface area contributed by atoms with Gasteiger partial charge in [0.05, 0.1) is 19.2 Å². The summed E-state index contributed by atoms with van der Waals surface area (Å²) in [5, 5.41) is 3.12. The van der Waals surface area contributed by atoms with Crippen molar-refractivity contribution < 1.29 is 23.8 Å². The number of methoxy groups -OCH3 is 2. The predicted octanol–water partition coefficient (Wildman–Crippen LogP) is 4.22. The van der Waals surface area contributed by atoms with Crippen LogP contribution in [0.15, 0.2) is 34.8 Å². The van der Waals surface area contributed by atoms with Gasteiger partial charge in [-0.25, -0.2) is 4.79 Å². The first-order valence-corrected chi connectivity index (χ1v) is 8.67. The average Bonchev–Trinajstić information content (AvgIpc) is 2.63. The van der Waals surface area contributed by atoms with Crippen LogP contribution in [0.5, 0.6) is 11.5 Å². The van der Waals surface area contributed by atoms with Gasteiger partial charge in [-0.15, -0.1) is 0 Å². The number of esters is 1. The molecule has 0 fully saturated rings. The molecule has 1 amide bonds. The lowest BCUT2D eigenvalue weighted by Gasteiger charge is -2.12. The lowest BCUT2D eigenvalue weighted by molar-refractivity contribution is -0.119. The molecule has 0 atom stereocenters. The molecule has 8 heteroatoms. The average molecular weight is 443 g/mol. The molecule has 0 aliphatic carbocycles. The van der Waals surface area contributed by atoms with Crippen molar-refractivity contribution >= 4 is 45.1 Å². The SMILES string of the molecule is COc1ccc(C(=O)OCC(=O)Nc2cc(Cl)c(Br)cc2C)c(OC)c1. The molecule has 0 unspecified atom stereocenters. The zero-order chi connectivity index (χ0) is 19.3. The first kappa shape index (κ1) is 20.1. The molecule has 0 spiro atoms. The quantitative estimate of drug-likeness (QED) is 0.678. The minimum atomic E-state index is -0.676. The normalized spacial score (nSPS) is 10.2. The van der Waals surface area contributed by atoms with Crippen molar-refractivity contribution in [3.63, 3.8) is 0 Å². The van der Waals surface area contributed by atoms with Crippen molar-refractivity contribution in [3.8, 4) is 11.5 Å². The van der Waals surface area contributed by atoms with Crippen LogP contribution < -0.4 is 14.8 Å². The highest BCUT2D eigenvalue weighted by Gasteiger charge is 2.17. The van der Waals surface area contributed by atoms with Crippen LogP contribution in [0.3, 0.4) is 0 Å². The van der Waals surface area contributed by atoms with Gasteiger partial charge in [-0.3, -0.25) is 4.79 Å². The maximum atomic E-state index is 12.2. The largest absolute Gasteiger partial charge is 0.497 e. The highest BCUT2D eigenvalue weighted by atomic mass is 79.9. The second-order valence-electron chi connectivity index (χ2n) is 5.27. The van der Waals surface area contributed by atoms with E-state index >= 15 is 0 Å². The van der Waals surface area contributed by atoms with Crippen LogP contribution >= 0.6 is 27.5 Å². The Morgan fingerprint density at radius 1 is 1.15 bits per heavy atom. The van der Waals surface area contributed by atoms with E-state index in [0.29, 0.717) is 22.2 Å². The van der Waals surface area contributed by atoms with Gasteiger partial charge in [-0.1, -0.05) is 11.6 Å². The number of rotatable bonds is 6. The Labute approximate surface area is 164 Å². The summed E-state index contributed by atoms with van der Waals surface area (Å²) in [5.74, 6) is -0.318. The summed E-state index contributed by atoms with van der Waals surface area (Å²) in [6.07, 6.45) is 0. The first-order chi connectivity index (χ1) is 12.3. The molecule has 6 nitrogen and oxygen atoms in total. The lowest BCUT2D eigenvalue weighted by Crippen LogP contribution is -2.21. The van der Waals surface area contributed by atoms with E-state index in [1.54, 1.807) is 24.3 Å². The van der Waals surface area contributed by atoms with Crippen molar-refractivity contribution in [1.29, 1.82) is 0 Å². The summed E-state index contributed by atoms with van der Waals surface area (Å²) < 4.78 is 16.0. The van der Waals surface area contributed by atoms with E-state index in [2.05, 4.69) is 21.2 Å². The fourth-order valence-corrected chi connectivity index (χ4v) is 2.76. The number of amides is 1. The maximum absolute atomic E-state index is 12.2. The van der Waals surface area contributed by atoms with Gasteiger partial charge in [0, 0.05) is 16.2 Å². The van der Waals surface area contributed by atoms with E-state index < -0.39 is 18.5 Å². The van der Waals surface area contributed by atoms with E-state index in [1.165, 1.54) is 20.3 Å². The second-order valence-corrected chi connectivity index (χ2v) is 6.53. The highest BCUT2D eigenvalue weighted by Crippen LogP contribution is 2.29. The number of aryl methyl sites for hydroxylation is 1. The molecule has 26 heavy (non-hydrogen) atoms. The third-order valence-electron chi connectivity index (χ3n) is 3.50. The van der Waals surface area contributed by atoms with Crippen LogP contribution in [0, 0.1) is 6.92 Å². The summed E-state index contributed by atoms with van der Waals surface area (Å²) in [4.78, 5) is 24.3. The van der Waals surface area contributed by atoms with E-state index in [-0.39, 0.29) is 5.56 Å². The van der Waals surface area contributed by atoms with Gasteiger partial charge in [-0.05, 0) is 52.7 Å². The molecule has 0 saturated heterocycles. The van der Waals surface area contributed by atoms with Crippen LogP contribution in [-0.2, 0) is 9.53 Å². The van der Waals surface area contributed by atoms with Crippen molar-refractivity contribution in [2.75, 3.05) is 26.1 Å². The summed E-state index contributed by atoms with van der Waals surface area (Å²) in [6.45, 7) is 1.38. The second kappa shape index (κ2) is 8.91. The summed E-state index contributed by atoms with van der Waals surface area (Å²) in [7, 11) is 2.94. The van der Waals surface area contributed by atoms with E-state index in [9.17, 15) is 9.59 Å². The molecular formula is C18H17BrClNO5. The Balaban J connectivity index is 2.01. The Kier molecular flexibility index (Phi) is 6.88. The number of carbonyl (C=O) groups is 2. The van der Waals surface area contributed by atoms with Gasteiger partial charge in [0.1, 0.15) is 17.1 Å². The Bertz CT molecular complexity index is 841. The molecule has 2 aromatic carbocycles. The predicted molar refractivity (Wildman–Crippen MR) is 102 cm³/mol. The maximum Gasteiger partial charge on any atom is 0.342 e. The molecule has 1 N–H and O–H groups in total. The lowest BCUT2D eigenvalue weighted by atomic mass is 10.2. The van der Waals surface area contributed by atoms with Crippen molar-refractivity contribution in [2.45, 2.75) is 6.92 Å². The fourth-order valence-electron chi connectivity index (χ4n) is 2.14. The van der Waals surface area contributed by atoms with Crippen LogP contribution in [0.25, 0.3) is 0 Å². The Morgan fingerprint density at radius 2 is 1.88 bits per heavy atom. The molecule has 0 bridgehead atoms. The number of hydrogen-bond acceptors (Lipinski definition) is 5. The van der Waals surface area contributed by atoms with E-state index in [1.807, 2.05) is 6.92 Å². The van der Waals surface area contributed by atoms with Crippen LogP contribution in [0.4, 0.5) is 5.69 Å². The van der Waals surface area contributed by atoms with Gasteiger partial charge < -0.3 is 19.5 Å². The zero-order valence-electron chi connectivity index (χ0n) is 14.4. The topological polar surface area (TPSA) is 73.9 Å². The van der Waals surface area contributed by atoms with Gasteiger partial charge in [0.25, 0.3) is 5.91 Å². The van der Waals surface area contributed by atoms with Crippen LogP contribution in [0.2, 0.25) is 5.02 Å². The monoisotopic (exact) mass is 441 g/mol. The first-order valence-electron chi connectivity index (χ1n) is 7.50. The highest BCUT2D eigenvalue weighted by molar-refractivity contribution is 9.10. The number of nitrogens with one attached hydrogen (secondary N) is 1. The molecular weight excluding hydrogens is 426 g/mol. The number of benzene rings is 2. The third-order valence-corrected chi connectivity index (χ3v) is 4.70. The number of anilines is 1. The molecule has 0 aliphatic heterocycles. The summed E-state index contributed by atoms with van der Waals surface area (Å²) >= 11 is 9.34. The standard InChI is InChI=1S/C18H17BrClNO5/c1-10-6-13(19)14(20)8-15(10)21-17(22)9-26-18(23)12-5-4-11(24-2)7-16(12)25-3/h4-8H,9H2,1-3H3,(H,21,22). The van der Waals surface area contributed by atoms with Gasteiger partial charge >= 0.3 is 5.97 Å². The molecule has 0 aliphatic rings.